The van der Waals surface area contributed by atoms with Crippen molar-refractivity contribution in [1.29, 1.82) is 0 Å². The predicted octanol–water partition coefficient (Wildman–Crippen LogP) is 5.30. The van der Waals surface area contributed by atoms with E-state index in [1.54, 1.807) is 41.8 Å². The molecule has 0 fully saturated rings. The third-order valence-electron chi connectivity index (χ3n) is 6.25. The molecule has 0 saturated heterocycles. The number of hydrogen-bond donors (Lipinski definition) is 3. The minimum atomic E-state index is -1.48. The van der Waals surface area contributed by atoms with Gasteiger partial charge in [0.1, 0.15) is 21.8 Å². The van der Waals surface area contributed by atoms with Gasteiger partial charge in [0, 0.05) is 12.0 Å². The van der Waals surface area contributed by atoms with Crippen LogP contribution in [0.15, 0.2) is 88.7 Å². The van der Waals surface area contributed by atoms with E-state index in [1.807, 2.05) is 36.4 Å². The molecule has 0 amide bonds. The number of rotatable bonds is 5. The molecule has 34 heavy (non-hydrogen) atoms. The van der Waals surface area contributed by atoms with E-state index in [4.69, 9.17) is 4.74 Å². The van der Waals surface area contributed by atoms with Crippen LogP contribution in [0.5, 0.6) is 5.75 Å². The molecule has 170 valence electrons. The van der Waals surface area contributed by atoms with Gasteiger partial charge < -0.3 is 19.9 Å². The summed E-state index contributed by atoms with van der Waals surface area (Å²) in [4.78, 5) is 28.8. The molecular formula is C27H21NO5S. The van der Waals surface area contributed by atoms with Crippen molar-refractivity contribution in [3.05, 3.63) is 105 Å². The number of pyridine rings is 1. The van der Waals surface area contributed by atoms with Gasteiger partial charge in [0.25, 0.3) is 5.56 Å². The molecule has 6 nitrogen and oxygen atoms in total. The number of benzene rings is 2. The highest BCUT2D eigenvalue weighted by atomic mass is 32.1. The van der Waals surface area contributed by atoms with Crippen molar-refractivity contribution < 1.29 is 19.7 Å². The third-order valence-corrected chi connectivity index (χ3v) is 7.14. The normalized spacial score (nSPS) is 17.8. The monoisotopic (exact) mass is 471 g/mol. The first-order chi connectivity index (χ1) is 16.5. The van der Waals surface area contributed by atoms with Gasteiger partial charge >= 0.3 is 5.97 Å². The second kappa shape index (κ2) is 8.35. The summed E-state index contributed by atoms with van der Waals surface area (Å²) in [5.41, 5.74) is 0.880. The lowest BCUT2D eigenvalue weighted by molar-refractivity contribution is -0.142. The third kappa shape index (κ3) is 3.33. The second-order valence-corrected chi connectivity index (χ2v) is 8.97. The lowest BCUT2D eigenvalue weighted by Gasteiger charge is -2.31. The number of carboxylic acids is 1. The average molecular weight is 472 g/mol. The highest BCUT2D eigenvalue weighted by Gasteiger charge is 2.44. The zero-order chi connectivity index (χ0) is 23.9. The largest absolute Gasteiger partial charge is 0.506 e. The van der Waals surface area contributed by atoms with E-state index < -0.39 is 16.9 Å². The minimum absolute atomic E-state index is 0.0601. The number of fused-ring (bicyclic) bond motifs is 1. The maximum absolute atomic E-state index is 12.8. The number of nitrogens with one attached hydrogen (secondary N) is 1. The van der Waals surface area contributed by atoms with Gasteiger partial charge in [0.2, 0.25) is 0 Å². The Balaban J connectivity index is 1.72. The Morgan fingerprint density at radius 1 is 1.06 bits per heavy atom. The van der Waals surface area contributed by atoms with Crippen molar-refractivity contribution in [1.82, 2.24) is 4.98 Å². The Hall–Kier alpha value is -4.10. The Labute approximate surface area is 199 Å². The molecule has 1 atom stereocenters. The van der Waals surface area contributed by atoms with Gasteiger partial charge in [-0.1, -0.05) is 72.8 Å². The number of carboxylic acid groups (broad SMARTS) is 1. The van der Waals surface area contributed by atoms with Crippen molar-refractivity contribution in [3.63, 3.8) is 0 Å². The molecule has 2 heterocycles. The standard InChI is InChI=1S/C27H21NO5S/c1-33-20-14-27(26(31)32,13-12-18(20)16-8-4-2-5-9-16)19-15-34-25-22(19)23(29)21(24(30)28-25)17-10-6-3-7-11-17/h2-13,15H,14H2,1H3,(H,31,32)(H2,28,29,30). The first-order valence-corrected chi connectivity index (χ1v) is 11.5. The smallest absolute Gasteiger partial charge is 0.318 e. The van der Waals surface area contributed by atoms with E-state index in [9.17, 15) is 19.8 Å². The number of H-pyrrole nitrogens is 1. The molecule has 0 spiro atoms. The molecule has 1 unspecified atom stereocenters. The lowest BCUT2D eigenvalue weighted by atomic mass is 9.72. The van der Waals surface area contributed by atoms with Crippen LogP contribution in [-0.2, 0) is 14.9 Å². The summed E-state index contributed by atoms with van der Waals surface area (Å²) in [5.74, 6) is -0.772. The predicted molar refractivity (Wildman–Crippen MR) is 133 cm³/mol. The summed E-state index contributed by atoms with van der Waals surface area (Å²) in [5, 5.41) is 23.7. The number of allylic oxidation sites excluding steroid dienone is 3. The number of thiophene rings is 1. The minimum Gasteiger partial charge on any atom is -0.506 e. The number of carbonyl (C=O) groups is 1. The van der Waals surface area contributed by atoms with Gasteiger partial charge in [-0.15, -0.1) is 11.3 Å². The van der Waals surface area contributed by atoms with E-state index in [0.29, 0.717) is 27.1 Å². The highest BCUT2D eigenvalue weighted by Crippen LogP contribution is 2.47. The van der Waals surface area contributed by atoms with Crippen LogP contribution >= 0.6 is 11.3 Å². The topological polar surface area (TPSA) is 99.6 Å². The number of aromatic hydroxyl groups is 1. The van der Waals surface area contributed by atoms with E-state index >= 15 is 0 Å². The summed E-state index contributed by atoms with van der Waals surface area (Å²) < 4.78 is 5.66. The molecular weight excluding hydrogens is 450 g/mol. The van der Waals surface area contributed by atoms with Crippen molar-refractivity contribution >= 4 is 33.1 Å². The Morgan fingerprint density at radius 3 is 2.32 bits per heavy atom. The zero-order valence-corrected chi connectivity index (χ0v) is 19.1. The first-order valence-electron chi connectivity index (χ1n) is 10.6. The maximum Gasteiger partial charge on any atom is 0.318 e. The summed E-state index contributed by atoms with van der Waals surface area (Å²) in [6.07, 6.45) is 3.47. The quantitative estimate of drug-likeness (QED) is 0.367. The van der Waals surface area contributed by atoms with Gasteiger partial charge in [-0.2, -0.15) is 0 Å². The average Bonchev–Trinajstić information content (AvgIpc) is 3.29. The highest BCUT2D eigenvalue weighted by molar-refractivity contribution is 7.17. The van der Waals surface area contributed by atoms with Crippen LogP contribution < -0.4 is 5.56 Å². The SMILES string of the molecule is COC1=C(c2ccccc2)C=CC(C(=O)O)(c2csc3[nH]c(=O)c(-c4ccccc4)c(O)c23)C1. The fraction of sp³-hybridized carbons (Fsp3) is 0.111. The number of aliphatic carboxylic acids is 1. The molecule has 0 aliphatic heterocycles. The molecule has 0 radical (unpaired) electrons. The number of aromatic nitrogens is 1. The van der Waals surface area contributed by atoms with Crippen LogP contribution in [0.25, 0.3) is 26.9 Å². The van der Waals surface area contributed by atoms with E-state index in [-0.39, 0.29) is 17.7 Å². The van der Waals surface area contributed by atoms with Crippen LogP contribution in [0.1, 0.15) is 17.5 Å². The number of methoxy groups -OCH3 is 1. The van der Waals surface area contributed by atoms with Gasteiger partial charge in [-0.3, -0.25) is 9.59 Å². The summed E-state index contributed by atoms with van der Waals surface area (Å²) in [6.45, 7) is 0. The molecule has 2 aromatic carbocycles. The van der Waals surface area contributed by atoms with Crippen molar-refractivity contribution in [2.75, 3.05) is 7.11 Å². The molecule has 1 aliphatic carbocycles. The van der Waals surface area contributed by atoms with Crippen molar-refractivity contribution in [2.45, 2.75) is 11.8 Å². The molecule has 0 bridgehead atoms. The van der Waals surface area contributed by atoms with Crippen LogP contribution in [0.2, 0.25) is 0 Å². The number of hydrogen-bond acceptors (Lipinski definition) is 5. The summed E-state index contributed by atoms with van der Waals surface area (Å²) in [7, 11) is 1.53. The second-order valence-electron chi connectivity index (χ2n) is 8.09. The fourth-order valence-corrected chi connectivity index (χ4v) is 5.55. The van der Waals surface area contributed by atoms with Gasteiger partial charge in [-0.25, -0.2) is 0 Å². The first kappa shape index (κ1) is 21.7. The number of ether oxygens (including phenoxy) is 1. The van der Waals surface area contributed by atoms with Gasteiger partial charge in [-0.05, 0) is 22.1 Å². The van der Waals surface area contributed by atoms with E-state index in [2.05, 4.69) is 4.98 Å². The van der Waals surface area contributed by atoms with E-state index in [0.717, 1.165) is 11.1 Å². The Bertz CT molecular complexity index is 1520. The van der Waals surface area contributed by atoms with Gasteiger partial charge in [0.05, 0.1) is 18.1 Å². The lowest BCUT2D eigenvalue weighted by Crippen LogP contribution is -2.36. The molecule has 3 N–H and O–H groups in total. The van der Waals surface area contributed by atoms with Crippen LogP contribution in [-0.4, -0.2) is 28.3 Å². The summed E-state index contributed by atoms with van der Waals surface area (Å²) >= 11 is 1.19. The van der Waals surface area contributed by atoms with E-state index in [1.165, 1.54) is 18.4 Å². The Kier molecular flexibility index (Phi) is 5.34. The molecule has 7 heteroatoms. The molecule has 4 aromatic rings. The van der Waals surface area contributed by atoms with Crippen LogP contribution in [0, 0.1) is 0 Å². The van der Waals surface area contributed by atoms with Crippen LogP contribution in [0.3, 0.4) is 0 Å². The van der Waals surface area contributed by atoms with Crippen LogP contribution in [0.4, 0.5) is 0 Å². The van der Waals surface area contributed by atoms with Crippen molar-refractivity contribution in [3.8, 4) is 16.9 Å². The van der Waals surface area contributed by atoms with Crippen molar-refractivity contribution in [2.24, 2.45) is 0 Å². The summed E-state index contributed by atoms with van der Waals surface area (Å²) in [6, 6.07) is 18.4. The molecule has 5 rings (SSSR count). The fourth-order valence-electron chi connectivity index (χ4n) is 4.51. The Morgan fingerprint density at radius 2 is 1.71 bits per heavy atom. The zero-order valence-electron chi connectivity index (χ0n) is 18.2. The van der Waals surface area contributed by atoms with Gasteiger partial charge in [0.15, 0.2) is 0 Å². The molecule has 2 aromatic heterocycles. The molecule has 0 saturated carbocycles. The maximum atomic E-state index is 12.8. The molecule has 1 aliphatic rings. The number of aromatic amines is 1.